The SMILES string of the molecule is CCSc1ccc(Cc2nnc(NC(=O)c3ccc(F)cc3F)o2)cc1. The number of carbonyl (C=O) groups is 1. The van der Waals surface area contributed by atoms with Crippen LogP contribution in [0.4, 0.5) is 14.8 Å². The third kappa shape index (κ3) is 4.45. The number of benzene rings is 2. The van der Waals surface area contributed by atoms with Gasteiger partial charge in [-0.1, -0.05) is 24.2 Å². The molecule has 0 saturated carbocycles. The van der Waals surface area contributed by atoms with Crippen molar-refractivity contribution in [3.05, 3.63) is 71.1 Å². The van der Waals surface area contributed by atoms with Crippen molar-refractivity contribution >= 4 is 23.7 Å². The van der Waals surface area contributed by atoms with Crippen molar-refractivity contribution in [2.75, 3.05) is 11.1 Å². The molecule has 1 N–H and O–H groups in total. The number of anilines is 1. The standard InChI is InChI=1S/C18H15F2N3O2S/c1-2-26-13-6-3-11(4-7-13)9-16-22-23-18(25-16)21-17(24)14-8-5-12(19)10-15(14)20/h3-8,10H,2,9H2,1H3,(H,21,23,24). The van der Waals surface area contributed by atoms with Gasteiger partial charge in [-0.2, -0.15) is 0 Å². The predicted octanol–water partition coefficient (Wildman–Crippen LogP) is 4.30. The molecule has 1 amide bonds. The lowest BCUT2D eigenvalue weighted by molar-refractivity contribution is 0.102. The minimum absolute atomic E-state index is 0.146. The summed E-state index contributed by atoms with van der Waals surface area (Å²) in [6, 6.07) is 10.5. The zero-order chi connectivity index (χ0) is 18.5. The van der Waals surface area contributed by atoms with Crippen LogP contribution in [0.1, 0.15) is 28.7 Å². The summed E-state index contributed by atoms with van der Waals surface area (Å²) in [6.07, 6.45) is 0.408. The molecule has 26 heavy (non-hydrogen) atoms. The molecule has 0 unspecified atom stereocenters. The van der Waals surface area contributed by atoms with Crippen molar-refractivity contribution in [2.24, 2.45) is 0 Å². The van der Waals surface area contributed by atoms with E-state index >= 15 is 0 Å². The number of halogens is 2. The molecule has 0 saturated heterocycles. The molecule has 1 heterocycles. The van der Waals surface area contributed by atoms with Crippen molar-refractivity contribution in [3.8, 4) is 0 Å². The van der Waals surface area contributed by atoms with Gasteiger partial charge in [0.2, 0.25) is 5.89 Å². The van der Waals surface area contributed by atoms with E-state index in [-0.39, 0.29) is 11.6 Å². The fraction of sp³-hybridized carbons (Fsp3) is 0.167. The highest BCUT2D eigenvalue weighted by Crippen LogP contribution is 2.19. The molecule has 0 spiro atoms. The van der Waals surface area contributed by atoms with Crippen molar-refractivity contribution in [3.63, 3.8) is 0 Å². The largest absolute Gasteiger partial charge is 0.407 e. The molecule has 0 fully saturated rings. The Labute approximate surface area is 152 Å². The topological polar surface area (TPSA) is 68.0 Å². The fourth-order valence-electron chi connectivity index (χ4n) is 2.26. The Morgan fingerprint density at radius 1 is 1.15 bits per heavy atom. The Morgan fingerprint density at radius 3 is 2.62 bits per heavy atom. The zero-order valence-electron chi connectivity index (χ0n) is 13.8. The van der Waals surface area contributed by atoms with Crippen molar-refractivity contribution in [1.29, 1.82) is 0 Å². The summed E-state index contributed by atoms with van der Waals surface area (Å²) in [4.78, 5) is 13.2. The number of hydrogen-bond donors (Lipinski definition) is 1. The van der Waals surface area contributed by atoms with Crippen molar-refractivity contribution in [1.82, 2.24) is 10.2 Å². The van der Waals surface area contributed by atoms with E-state index in [0.717, 1.165) is 23.4 Å². The Hall–Kier alpha value is -2.74. The monoisotopic (exact) mass is 375 g/mol. The first kappa shape index (κ1) is 18.1. The lowest BCUT2D eigenvalue weighted by Crippen LogP contribution is -2.14. The highest BCUT2D eigenvalue weighted by Gasteiger charge is 2.16. The third-order valence-corrected chi connectivity index (χ3v) is 4.35. The average molecular weight is 375 g/mol. The molecule has 0 aliphatic carbocycles. The van der Waals surface area contributed by atoms with Gasteiger partial charge in [0.15, 0.2) is 0 Å². The summed E-state index contributed by atoms with van der Waals surface area (Å²) >= 11 is 1.75. The molecule has 0 aliphatic heterocycles. The number of carbonyl (C=O) groups excluding carboxylic acids is 1. The van der Waals surface area contributed by atoms with Crippen LogP contribution in [0.25, 0.3) is 0 Å². The fourth-order valence-corrected chi connectivity index (χ4v) is 2.92. The molecular formula is C18H15F2N3O2S. The van der Waals surface area contributed by atoms with Crippen molar-refractivity contribution in [2.45, 2.75) is 18.2 Å². The highest BCUT2D eigenvalue weighted by atomic mass is 32.2. The smallest absolute Gasteiger partial charge is 0.322 e. The van der Waals surface area contributed by atoms with Gasteiger partial charge >= 0.3 is 6.01 Å². The number of aromatic nitrogens is 2. The first-order valence-electron chi connectivity index (χ1n) is 7.85. The first-order chi connectivity index (χ1) is 12.5. The van der Waals surface area contributed by atoms with Crippen LogP contribution in [-0.2, 0) is 6.42 Å². The van der Waals surface area contributed by atoms with Crippen LogP contribution in [0.3, 0.4) is 0 Å². The molecule has 3 aromatic rings. The number of thioether (sulfide) groups is 1. The van der Waals surface area contributed by atoms with E-state index < -0.39 is 17.5 Å². The van der Waals surface area contributed by atoms with Gasteiger partial charge in [-0.3, -0.25) is 10.1 Å². The van der Waals surface area contributed by atoms with Gasteiger partial charge in [-0.25, -0.2) is 8.78 Å². The lowest BCUT2D eigenvalue weighted by atomic mass is 10.1. The summed E-state index contributed by atoms with van der Waals surface area (Å²) < 4.78 is 31.9. The maximum absolute atomic E-state index is 13.6. The molecule has 5 nitrogen and oxygen atoms in total. The first-order valence-corrected chi connectivity index (χ1v) is 8.84. The van der Waals surface area contributed by atoms with Crippen LogP contribution in [0.15, 0.2) is 51.8 Å². The molecule has 0 bridgehead atoms. The Bertz CT molecular complexity index is 913. The molecule has 8 heteroatoms. The van der Waals surface area contributed by atoms with Gasteiger partial charge in [-0.15, -0.1) is 16.9 Å². The Morgan fingerprint density at radius 2 is 1.92 bits per heavy atom. The van der Waals surface area contributed by atoms with Crippen LogP contribution in [-0.4, -0.2) is 21.9 Å². The van der Waals surface area contributed by atoms with Gasteiger partial charge in [-0.05, 0) is 35.6 Å². The van der Waals surface area contributed by atoms with Crippen LogP contribution >= 0.6 is 11.8 Å². The van der Waals surface area contributed by atoms with Crippen LogP contribution in [0, 0.1) is 11.6 Å². The molecule has 134 valence electrons. The van der Waals surface area contributed by atoms with Gasteiger partial charge in [0, 0.05) is 11.0 Å². The number of amides is 1. The van der Waals surface area contributed by atoms with Gasteiger partial charge in [0.25, 0.3) is 5.91 Å². The van der Waals surface area contributed by atoms with E-state index in [0.29, 0.717) is 18.4 Å². The minimum Gasteiger partial charge on any atom is -0.407 e. The zero-order valence-corrected chi connectivity index (χ0v) is 14.6. The molecule has 0 atom stereocenters. The summed E-state index contributed by atoms with van der Waals surface area (Å²) in [5.41, 5.74) is 0.673. The second-order valence-electron chi connectivity index (χ2n) is 5.33. The van der Waals surface area contributed by atoms with E-state index in [1.807, 2.05) is 24.3 Å². The van der Waals surface area contributed by atoms with Gasteiger partial charge in [0.05, 0.1) is 12.0 Å². The molecule has 0 aliphatic rings. The lowest BCUT2D eigenvalue weighted by Gasteiger charge is -2.02. The predicted molar refractivity (Wildman–Crippen MR) is 94.3 cm³/mol. The van der Waals surface area contributed by atoms with Crippen LogP contribution < -0.4 is 5.32 Å². The van der Waals surface area contributed by atoms with Crippen LogP contribution in [0.5, 0.6) is 0 Å². The maximum atomic E-state index is 13.6. The third-order valence-electron chi connectivity index (χ3n) is 3.45. The van der Waals surface area contributed by atoms with E-state index in [1.54, 1.807) is 11.8 Å². The van der Waals surface area contributed by atoms with E-state index in [2.05, 4.69) is 22.4 Å². The van der Waals surface area contributed by atoms with Gasteiger partial charge in [0.1, 0.15) is 11.6 Å². The van der Waals surface area contributed by atoms with E-state index in [1.165, 1.54) is 4.90 Å². The second kappa shape index (κ2) is 8.09. The summed E-state index contributed by atoms with van der Waals surface area (Å²) in [5, 5.41) is 9.89. The summed E-state index contributed by atoms with van der Waals surface area (Å²) in [7, 11) is 0. The minimum atomic E-state index is -0.965. The molecule has 2 aromatic carbocycles. The quantitative estimate of drug-likeness (QED) is 0.651. The average Bonchev–Trinajstić information content (AvgIpc) is 3.03. The van der Waals surface area contributed by atoms with Crippen LogP contribution in [0.2, 0.25) is 0 Å². The molecule has 1 aromatic heterocycles. The number of nitrogens with one attached hydrogen (secondary N) is 1. The van der Waals surface area contributed by atoms with Crippen molar-refractivity contribution < 1.29 is 18.0 Å². The second-order valence-corrected chi connectivity index (χ2v) is 6.67. The van der Waals surface area contributed by atoms with E-state index in [4.69, 9.17) is 4.42 Å². The summed E-state index contributed by atoms with van der Waals surface area (Å²) in [6.45, 7) is 2.09. The summed E-state index contributed by atoms with van der Waals surface area (Å²) in [5.74, 6) is -1.20. The molecule has 0 radical (unpaired) electrons. The Balaban J connectivity index is 1.65. The number of nitrogens with zero attached hydrogens (tertiary/aromatic N) is 2. The molecular weight excluding hydrogens is 360 g/mol. The maximum Gasteiger partial charge on any atom is 0.322 e. The highest BCUT2D eigenvalue weighted by molar-refractivity contribution is 7.99. The number of hydrogen-bond acceptors (Lipinski definition) is 5. The van der Waals surface area contributed by atoms with Gasteiger partial charge < -0.3 is 4.42 Å². The Kier molecular flexibility index (Phi) is 5.62. The normalized spacial score (nSPS) is 10.7. The number of rotatable bonds is 6. The molecule has 3 rings (SSSR count). The van der Waals surface area contributed by atoms with E-state index in [9.17, 15) is 13.6 Å².